The van der Waals surface area contributed by atoms with Gasteiger partial charge >= 0.3 is 12.3 Å². The maximum Gasteiger partial charge on any atom is 0.416 e. The summed E-state index contributed by atoms with van der Waals surface area (Å²) in [4.78, 5) is 11.9. The first kappa shape index (κ1) is 20.8. The van der Waals surface area contributed by atoms with E-state index in [1.807, 2.05) is 0 Å². The predicted octanol–water partition coefficient (Wildman–Crippen LogP) is 4.93. The van der Waals surface area contributed by atoms with Crippen LogP contribution in [0.15, 0.2) is 48.5 Å². The van der Waals surface area contributed by atoms with Crippen LogP contribution in [0.5, 0.6) is 0 Å². The quantitative estimate of drug-likeness (QED) is 0.789. The van der Waals surface area contributed by atoms with Crippen LogP contribution in [0.1, 0.15) is 37.9 Å². The van der Waals surface area contributed by atoms with E-state index in [1.165, 1.54) is 6.07 Å². The highest BCUT2D eigenvalue weighted by Crippen LogP contribution is 2.32. The second kappa shape index (κ2) is 8.00. The molecule has 27 heavy (non-hydrogen) atoms. The minimum absolute atomic E-state index is 0.345. The maximum atomic E-state index is 12.9. The smallest absolute Gasteiger partial charge is 0.416 e. The lowest BCUT2D eigenvalue weighted by Crippen LogP contribution is -2.36. The Morgan fingerprint density at radius 3 is 2.22 bits per heavy atom. The molecule has 0 aliphatic heterocycles. The molecule has 2 N–H and O–H groups in total. The molecule has 0 spiro atoms. The lowest BCUT2D eigenvalue weighted by atomic mass is 9.99. The van der Waals surface area contributed by atoms with Gasteiger partial charge in [-0.15, -0.1) is 0 Å². The first-order chi connectivity index (χ1) is 12.5. The fourth-order valence-electron chi connectivity index (χ4n) is 2.47. The number of hydrogen-bond donors (Lipinski definition) is 2. The molecular formula is C20H22F3NO3. The van der Waals surface area contributed by atoms with E-state index in [2.05, 4.69) is 5.32 Å². The third kappa shape index (κ3) is 5.99. The van der Waals surface area contributed by atoms with Gasteiger partial charge in [-0.25, -0.2) is 4.79 Å². The Kier molecular flexibility index (Phi) is 6.15. The Morgan fingerprint density at radius 2 is 1.70 bits per heavy atom. The Morgan fingerprint density at radius 1 is 1.07 bits per heavy atom. The Balaban J connectivity index is 2.17. The van der Waals surface area contributed by atoms with E-state index < -0.39 is 29.5 Å². The van der Waals surface area contributed by atoms with E-state index in [0.717, 1.165) is 12.1 Å². The first-order valence-electron chi connectivity index (χ1n) is 8.37. The Bertz CT molecular complexity index is 780. The fraction of sp³-hybridized carbons (Fsp3) is 0.350. The number of rotatable bonds is 4. The molecule has 0 unspecified atom stereocenters. The Labute approximate surface area is 156 Å². The molecule has 1 atom stereocenters. The van der Waals surface area contributed by atoms with Crippen LogP contribution in [-0.4, -0.2) is 23.4 Å². The molecule has 0 bridgehead atoms. The van der Waals surface area contributed by atoms with E-state index in [0.29, 0.717) is 16.7 Å². The van der Waals surface area contributed by atoms with Crippen LogP contribution >= 0.6 is 0 Å². The van der Waals surface area contributed by atoms with Crippen molar-refractivity contribution in [1.82, 2.24) is 5.32 Å². The van der Waals surface area contributed by atoms with Crippen molar-refractivity contribution in [2.75, 3.05) is 6.61 Å². The normalized spacial score (nSPS) is 13.1. The zero-order chi connectivity index (χ0) is 20.2. The fourth-order valence-corrected chi connectivity index (χ4v) is 2.47. The summed E-state index contributed by atoms with van der Waals surface area (Å²) in [5.74, 6) is 0. The van der Waals surface area contributed by atoms with Crippen LogP contribution in [0.3, 0.4) is 0 Å². The number of carbonyl (C=O) groups excluding carboxylic acids is 1. The third-order valence-electron chi connectivity index (χ3n) is 3.71. The second-order valence-electron chi connectivity index (χ2n) is 7.08. The van der Waals surface area contributed by atoms with E-state index >= 15 is 0 Å². The highest BCUT2D eigenvalue weighted by molar-refractivity contribution is 5.69. The molecule has 0 saturated heterocycles. The van der Waals surface area contributed by atoms with Gasteiger partial charge in [-0.1, -0.05) is 36.4 Å². The number of ether oxygens (including phenoxy) is 1. The van der Waals surface area contributed by atoms with Gasteiger partial charge in [-0.2, -0.15) is 13.2 Å². The number of carbonyl (C=O) groups is 1. The van der Waals surface area contributed by atoms with Gasteiger partial charge in [0, 0.05) is 0 Å². The molecule has 7 heteroatoms. The molecule has 2 aromatic carbocycles. The maximum absolute atomic E-state index is 12.9. The lowest BCUT2D eigenvalue weighted by Gasteiger charge is -2.23. The molecule has 0 radical (unpaired) electrons. The van der Waals surface area contributed by atoms with Crippen molar-refractivity contribution in [2.45, 2.75) is 38.6 Å². The average molecular weight is 381 g/mol. The predicted molar refractivity (Wildman–Crippen MR) is 96.1 cm³/mol. The number of nitrogens with one attached hydrogen (secondary N) is 1. The van der Waals surface area contributed by atoms with E-state index in [9.17, 15) is 23.1 Å². The van der Waals surface area contributed by atoms with Crippen molar-refractivity contribution < 1.29 is 27.8 Å². The van der Waals surface area contributed by atoms with Gasteiger partial charge in [0.15, 0.2) is 0 Å². The van der Waals surface area contributed by atoms with Crippen LogP contribution in [0.25, 0.3) is 11.1 Å². The van der Waals surface area contributed by atoms with E-state index in [-0.39, 0.29) is 6.61 Å². The number of aliphatic hydroxyl groups is 1. The number of alkyl carbamates (subject to hydrolysis) is 1. The van der Waals surface area contributed by atoms with Crippen molar-refractivity contribution in [3.8, 4) is 11.1 Å². The molecule has 1 amide bonds. The van der Waals surface area contributed by atoms with Gasteiger partial charge in [0.2, 0.25) is 0 Å². The zero-order valence-electron chi connectivity index (χ0n) is 15.3. The van der Waals surface area contributed by atoms with Gasteiger partial charge in [0.05, 0.1) is 18.2 Å². The van der Waals surface area contributed by atoms with Crippen molar-refractivity contribution in [1.29, 1.82) is 0 Å². The summed E-state index contributed by atoms with van der Waals surface area (Å²) in [7, 11) is 0. The third-order valence-corrected chi connectivity index (χ3v) is 3.71. The number of aliphatic hydroxyl groups excluding tert-OH is 1. The lowest BCUT2D eigenvalue weighted by molar-refractivity contribution is -0.137. The molecule has 0 aromatic heterocycles. The van der Waals surface area contributed by atoms with E-state index in [4.69, 9.17) is 4.74 Å². The molecular weight excluding hydrogens is 359 g/mol. The molecule has 146 valence electrons. The van der Waals surface area contributed by atoms with Gasteiger partial charge in [-0.3, -0.25) is 0 Å². The molecule has 0 saturated carbocycles. The highest BCUT2D eigenvalue weighted by atomic mass is 19.4. The molecule has 2 rings (SSSR count). The number of amides is 1. The monoisotopic (exact) mass is 381 g/mol. The summed E-state index contributed by atoms with van der Waals surface area (Å²) in [5.41, 5.74) is 0.246. The minimum Gasteiger partial charge on any atom is -0.444 e. The average Bonchev–Trinajstić information content (AvgIpc) is 2.58. The van der Waals surface area contributed by atoms with Crippen molar-refractivity contribution in [3.05, 3.63) is 59.7 Å². The molecule has 0 fully saturated rings. The number of benzene rings is 2. The summed E-state index contributed by atoms with van der Waals surface area (Å²) in [5, 5.41) is 12.1. The van der Waals surface area contributed by atoms with Crippen molar-refractivity contribution in [2.24, 2.45) is 0 Å². The summed E-state index contributed by atoms with van der Waals surface area (Å²) in [6.45, 7) is 4.83. The standard InChI is InChI=1S/C20H22F3NO3/c1-19(2,3)27-18(26)24-17(12-25)14-9-7-13(8-10-14)15-5-4-6-16(11-15)20(21,22)23/h4-11,17,25H,12H2,1-3H3,(H,24,26)/t17-/m0/s1. The van der Waals surface area contributed by atoms with Gasteiger partial charge < -0.3 is 15.2 Å². The second-order valence-corrected chi connectivity index (χ2v) is 7.08. The zero-order valence-corrected chi connectivity index (χ0v) is 15.3. The summed E-state index contributed by atoms with van der Waals surface area (Å²) in [6, 6.07) is 10.9. The van der Waals surface area contributed by atoms with Crippen molar-refractivity contribution >= 4 is 6.09 Å². The summed E-state index contributed by atoms with van der Waals surface area (Å²) < 4.78 is 43.7. The summed E-state index contributed by atoms with van der Waals surface area (Å²) >= 11 is 0. The SMILES string of the molecule is CC(C)(C)OC(=O)N[C@@H](CO)c1ccc(-c2cccc(C(F)(F)F)c2)cc1. The molecule has 2 aromatic rings. The first-order valence-corrected chi connectivity index (χ1v) is 8.37. The molecule has 0 aliphatic carbocycles. The summed E-state index contributed by atoms with van der Waals surface area (Å²) in [6.07, 6.45) is -5.07. The minimum atomic E-state index is -4.41. The van der Waals surface area contributed by atoms with Crippen molar-refractivity contribution in [3.63, 3.8) is 0 Å². The topological polar surface area (TPSA) is 58.6 Å². The van der Waals surface area contributed by atoms with E-state index in [1.54, 1.807) is 51.1 Å². The highest BCUT2D eigenvalue weighted by Gasteiger charge is 2.30. The number of halogens is 3. The van der Waals surface area contributed by atoms with Crippen LogP contribution in [0.4, 0.5) is 18.0 Å². The largest absolute Gasteiger partial charge is 0.444 e. The van der Waals surface area contributed by atoms with Gasteiger partial charge in [0.1, 0.15) is 5.60 Å². The number of alkyl halides is 3. The van der Waals surface area contributed by atoms with Gasteiger partial charge in [-0.05, 0) is 49.6 Å². The molecule has 0 aliphatic rings. The molecule has 4 nitrogen and oxygen atoms in total. The van der Waals surface area contributed by atoms with Crippen LogP contribution < -0.4 is 5.32 Å². The van der Waals surface area contributed by atoms with Crippen LogP contribution in [0.2, 0.25) is 0 Å². The Hall–Kier alpha value is -2.54. The van der Waals surface area contributed by atoms with Crippen LogP contribution in [-0.2, 0) is 10.9 Å². The molecule has 0 heterocycles. The van der Waals surface area contributed by atoms with Crippen LogP contribution in [0, 0.1) is 0 Å². The van der Waals surface area contributed by atoms with Gasteiger partial charge in [0.25, 0.3) is 0 Å². The number of hydrogen-bond acceptors (Lipinski definition) is 3.